The quantitative estimate of drug-likeness (QED) is 0.616. The summed E-state index contributed by atoms with van der Waals surface area (Å²) in [5.74, 6) is -0.528. The SMILES string of the molecule is Cc1cc(C)cc(CC(=O)N2CCC2(C)C(=O)N(CC(=O)NC(C)C)Cc2ccc(Cl)cc2)c1. The molecular formula is C27H34ClN3O3. The number of hydrogen-bond donors (Lipinski definition) is 1. The second-order valence-corrected chi connectivity index (χ2v) is 10.2. The molecule has 0 aromatic heterocycles. The lowest BCUT2D eigenvalue weighted by molar-refractivity contribution is -0.164. The van der Waals surface area contributed by atoms with E-state index in [2.05, 4.69) is 11.4 Å². The molecule has 0 spiro atoms. The third-order valence-corrected chi connectivity index (χ3v) is 6.43. The summed E-state index contributed by atoms with van der Waals surface area (Å²) in [5, 5.41) is 3.46. The second kappa shape index (κ2) is 10.6. The van der Waals surface area contributed by atoms with E-state index in [1.165, 1.54) is 4.90 Å². The number of nitrogens with one attached hydrogen (secondary N) is 1. The fraction of sp³-hybridized carbons (Fsp3) is 0.444. The standard InChI is InChI=1S/C27H34ClN3O3/c1-18(2)29-24(32)17-30(16-21-6-8-23(28)9-7-21)26(34)27(5)10-11-31(27)25(33)15-22-13-19(3)12-20(4)14-22/h6-9,12-14,18H,10-11,15-17H2,1-5H3,(H,29,32). The molecule has 1 aliphatic heterocycles. The number of benzene rings is 2. The minimum Gasteiger partial charge on any atom is -0.352 e. The first-order chi connectivity index (χ1) is 16.0. The Kier molecular flexibility index (Phi) is 8.03. The van der Waals surface area contributed by atoms with E-state index in [1.54, 1.807) is 24.0 Å². The van der Waals surface area contributed by atoms with Crippen LogP contribution in [0.2, 0.25) is 5.02 Å². The molecule has 2 aromatic carbocycles. The lowest BCUT2D eigenvalue weighted by Crippen LogP contribution is -2.68. The van der Waals surface area contributed by atoms with Crippen molar-refractivity contribution in [2.24, 2.45) is 0 Å². The molecule has 3 amide bonds. The van der Waals surface area contributed by atoms with Crippen LogP contribution < -0.4 is 5.32 Å². The largest absolute Gasteiger partial charge is 0.352 e. The first kappa shape index (κ1) is 25.8. The van der Waals surface area contributed by atoms with Crippen molar-refractivity contribution in [3.05, 3.63) is 69.7 Å². The Labute approximate surface area is 207 Å². The van der Waals surface area contributed by atoms with E-state index in [-0.39, 0.29) is 43.3 Å². The van der Waals surface area contributed by atoms with E-state index < -0.39 is 5.54 Å². The number of carbonyl (C=O) groups is 3. The predicted octanol–water partition coefficient (Wildman–Crippen LogP) is 4.04. The first-order valence-electron chi connectivity index (χ1n) is 11.7. The second-order valence-electron chi connectivity index (χ2n) is 9.75. The molecule has 0 saturated carbocycles. The van der Waals surface area contributed by atoms with Crippen molar-refractivity contribution in [3.8, 4) is 0 Å². The van der Waals surface area contributed by atoms with E-state index in [9.17, 15) is 14.4 Å². The molecule has 0 bridgehead atoms. The van der Waals surface area contributed by atoms with Gasteiger partial charge in [-0.1, -0.05) is 53.1 Å². The molecule has 0 aliphatic carbocycles. The van der Waals surface area contributed by atoms with Gasteiger partial charge in [0.15, 0.2) is 0 Å². The summed E-state index contributed by atoms with van der Waals surface area (Å²) in [6.45, 7) is 10.3. The molecule has 0 radical (unpaired) electrons. The Morgan fingerprint density at radius 3 is 2.21 bits per heavy atom. The monoisotopic (exact) mass is 483 g/mol. The molecule has 1 heterocycles. The van der Waals surface area contributed by atoms with Gasteiger partial charge in [0, 0.05) is 24.2 Å². The third-order valence-electron chi connectivity index (χ3n) is 6.17. The third kappa shape index (κ3) is 6.17. The molecule has 1 fully saturated rings. The van der Waals surface area contributed by atoms with E-state index in [0.29, 0.717) is 18.0 Å². The number of aryl methyl sites for hydroxylation is 2. The maximum atomic E-state index is 13.7. The van der Waals surface area contributed by atoms with Crippen LogP contribution in [0.4, 0.5) is 0 Å². The zero-order chi connectivity index (χ0) is 25.0. The Hall–Kier alpha value is -2.86. The van der Waals surface area contributed by atoms with Crippen LogP contribution in [0.5, 0.6) is 0 Å². The number of halogens is 1. The van der Waals surface area contributed by atoms with Crippen LogP contribution in [0, 0.1) is 13.8 Å². The van der Waals surface area contributed by atoms with E-state index in [0.717, 1.165) is 22.3 Å². The zero-order valence-corrected chi connectivity index (χ0v) is 21.4. The van der Waals surface area contributed by atoms with E-state index >= 15 is 0 Å². The smallest absolute Gasteiger partial charge is 0.249 e. The molecule has 1 N–H and O–H groups in total. The lowest BCUT2D eigenvalue weighted by Gasteiger charge is -2.51. The highest BCUT2D eigenvalue weighted by atomic mass is 35.5. The van der Waals surface area contributed by atoms with Crippen molar-refractivity contribution in [1.82, 2.24) is 15.1 Å². The highest BCUT2D eigenvalue weighted by molar-refractivity contribution is 6.30. The summed E-state index contributed by atoms with van der Waals surface area (Å²) in [6.07, 6.45) is 0.809. The Morgan fingerprint density at radius 2 is 1.68 bits per heavy atom. The molecule has 1 atom stereocenters. The molecule has 182 valence electrons. The average molecular weight is 484 g/mol. The molecule has 6 nitrogen and oxygen atoms in total. The van der Waals surface area contributed by atoms with Gasteiger partial charge in [-0.3, -0.25) is 14.4 Å². The van der Waals surface area contributed by atoms with Gasteiger partial charge in [-0.2, -0.15) is 0 Å². The normalized spacial score (nSPS) is 17.3. The molecule has 1 saturated heterocycles. The van der Waals surface area contributed by atoms with Crippen molar-refractivity contribution < 1.29 is 14.4 Å². The molecule has 3 rings (SSSR count). The number of carbonyl (C=O) groups excluding carboxylic acids is 3. The molecule has 1 aliphatic rings. The van der Waals surface area contributed by atoms with Gasteiger partial charge in [-0.25, -0.2) is 0 Å². The summed E-state index contributed by atoms with van der Waals surface area (Å²) in [5.41, 5.74) is 3.05. The van der Waals surface area contributed by atoms with Crippen LogP contribution >= 0.6 is 11.6 Å². The van der Waals surface area contributed by atoms with Gasteiger partial charge in [0.1, 0.15) is 5.54 Å². The fourth-order valence-electron chi connectivity index (χ4n) is 4.51. The zero-order valence-electron chi connectivity index (χ0n) is 20.7. The fourth-order valence-corrected chi connectivity index (χ4v) is 4.64. The van der Waals surface area contributed by atoms with Crippen LogP contribution in [-0.2, 0) is 27.3 Å². The summed E-state index contributed by atoms with van der Waals surface area (Å²) in [6, 6.07) is 13.3. The number of rotatable bonds is 8. The summed E-state index contributed by atoms with van der Waals surface area (Å²) in [7, 11) is 0. The molecule has 2 aromatic rings. The van der Waals surface area contributed by atoms with Crippen LogP contribution in [0.1, 0.15) is 49.4 Å². The minimum atomic E-state index is -0.972. The highest BCUT2D eigenvalue weighted by Gasteiger charge is 2.51. The van der Waals surface area contributed by atoms with Gasteiger partial charge in [0.25, 0.3) is 0 Å². The van der Waals surface area contributed by atoms with Crippen molar-refractivity contribution in [1.29, 1.82) is 0 Å². The van der Waals surface area contributed by atoms with Crippen molar-refractivity contribution in [2.45, 2.75) is 65.6 Å². The Bertz CT molecular complexity index is 1050. The van der Waals surface area contributed by atoms with E-state index in [1.807, 2.05) is 52.0 Å². The number of hydrogen-bond acceptors (Lipinski definition) is 3. The molecule has 34 heavy (non-hydrogen) atoms. The maximum absolute atomic E-state index is 13.7. The summed E-state index contributed by atoms with van der Waals surface area (Å²) < 4.78 is 0. The predicted molar refractivity (Wildman–Crippen MR) is 135 cm³/mol. The molecular weight excluding hydrogens is 450 g/mol. The topological polar surface area (TPSA) is 69.7 Å². The van der Waals surface area contributed by atoms with Gasteiger partial charge < -0.3 is 15.1 Å². The summed E-state index contributed by atoms with van der Waals surface area (Å²) in [4.78, 5) is 42.7. The molecule has 1 unspecified atom stereocenters. The van der Waals surface area contributed by atoms with Crippen molar-refractivity contribution in [3.63, 3.8) is 0 Å². The highest BCUT2D eigenvalue weighted by Crippen LogP contribution is 2.33. The number of amides is 3. The minimum absolute atomic E-state index is 0.0323. The van der Waals surface area contributed by atoms with Crippen molar-refractivity contribution >= 4 is 29.3 Å². The van der Waals surface area contributed by atoms with Crippen LogP contribution in [0.15, 0.2) is 42.5 Å². The first-order valence-corrected chi connectivity index (χ1v) is 12.1. The van der Waals surface area contributed by atoms with Crippen molar-refractivity contribution in [2.75, 3.05) is 13.1 Å². The number of nitrogens with zero attached hydrogens (tertiary/aromatic N) is 2. The van der Waals surface area contributed by atoms with E-state index in [4.69, 9.17) is 11.6 Å². The Balaban J connectivity index is 1.79. The van der Waals surface area contributed by atoms with Gasteiger partial charge in [0.05, 0.1) is 13.0 Å². The lowest BCUT2D eigenvalue weighted by atomic mass is 9.84. The van der Waals surface area contributed by atoms with Crippen LogP contribution in [-0.4, -0.2) is 52.2 Å². The Morgan fingerprint density at radius 1 is 1.06 bits per heavy atom. The number of likely N-dealkylation sites (tertiary alicyclic amines) is 1. The van der Waals surface area contributed by atoms with Gasteiger partial charge in [-0.05, 0) is 64.3 Å². The summed E-state index contributed by atoms with van der Waals surface area (Å²) >= 11 is 6.01. The van der Waals surface area contributed by atoms with Gasteiger partial charge >= 0.3 is 0 Å². The maximum Gasteiger partial charge on any atom is 0.249 e. The molecule has 7 heteroatoms. The van der Waals surface area contributed by atoms with Crippen LogP contribution in [0.25, 0.3) is 0 Å². The van der Waals surface area contributed by atoms with Crippen LogP contribution in [0.3, 0.4) is 0 Å². The van der Waals surface area contributed by atoms with Gasteiger partial charge in [0.2, 0.25) is 17.7 Å². The average Bonchev–Trinajstić information content (AvgIpc) is 2.71. The van der Waals surface area contributed by atoms with Gasteiger partial charge in [-0.15, -0.1) is 0 Å².